The van der Waals surface area contributed by atoms with Crippen LogP contribution in [0.2, 0.25) is 0 Å². The molecule has 2 unspecified atom stereocenters. The van der Waals surface area contributed by atoms with Gasteiger partial charge >= 0.3 is 0 Å². The minimum atomic E-state index is -0.0146. The van der Waals surface area contributed by atoms with Crippen LogP contribution in [-0.2, 0) is 4.74 Å². The summed E-state index contributed by atoms with van der Waals surface area (Å²) in [5.41, 5.74) is 1.22. The minimum Gasteiger partial charge on any atom is -0.395 e. The summed E-state index contributed by atoms with van der Waals surface area (Å²) in [6.07, 6.45) is 0. The molecule has 2 atom stereocenters. The Labute approximate surface area is 110 Å². The average Bonchev–Trinajstić information content (AvgIpc) is 2.29. The van der Waals surface area contributed by atoms with Gasteiger partial charge in [0.15, 0.2) is 0 Å². The zero-order valence-electron chi connectivity index (χ0n) is 9.61. The topological polar surface area (TPSA) is 41.5 Å². The first-order valence-electron chi connectivity index (χ1n) is 5.28. The van der Waals surface area contributed by atoms with Crippen molar-refractivity contribution < 1.29 is 9.84 Å². The van der Waals surface area contributed by atoms with Crippen molar-refractivity contribution >= 4 is 22.6 Å². The summed E-state index contributed by atoms with van der Waals surface area (Å²) < 4.78 is 6.25. The Balaban J connectivity index is 2.56. The molecule has 1 rings (SSSR count). The molecule has 0 heterocycles. The number of nitrogens with one attached hydrogen (secondary N) is 1. The van der Waals surface area contributed by atoms with Crippen LogP contribution in [0, 0.1) is 3.57 Å². The van der Waals surface area contributed by atoms with Gasteiger partial charge in [0.25, 0.3) is 0 Å². The third-order valence-corrected chi connectivity index (χ3v) is 3.16. The lowest BCUT2D eigenvalue weighted by Crippen LogP contribution is -2.38. The SMILES string of the molecule is COCC(CO)NC(C)c1ccc(I)cc1. The van der Waals surface area contributed by atoms with Crippen molar-refractivity contribution in [3.05, 3.63) is 33.4 Å². The van der Waals surface area contributed by atoms with Crippen LogP contribution in [-0.4, -0.2) is 31.5 Å². The molecule has 2 N–H and O–H groups in total. The molecule has 0 radical (unpaired) electrons. The molecular formula is C12H18INO2. The normalized spacial score (nSPS) is 14.8. The fourth-order valence-electron chi connectivity index (χ4n) is 1.56. The zero-order chi connectivity index (χ0) is 12.0. The number of hydrogen-bond donors (Lipinski definition) is 2. The molecule has 1 aromatic rings. The van der Waals surface area contributed by atoms with Crippen molar-refractivity contribution in [3.8, 4) is 0 Å². The Morgan fingerprint density at radius 1 is 1.38 bits per heavy atom. The van der Waals surface area contributed by atoms with Gasteiger partial charge in [-0.05, 0) is 47.2 Å². The van der Waals surface area contributed by atoms with Gasteiger partial charge < -0.3 is 15.2 Å². The summed E-state index contributed by atoms with van der Waals surface area (Å²) in [6.45, 7) is 2.69. The third kappa shape index (κ3) is 4.37. The van der Waals surface area contributed by atoms with Gasteiger partial charge in [0.1, 0.15) is 0 Å². The van der Waals surface area contributed by atoms with E-state index in [1.807, 2.05) is 0 Å². The second-order valence-electron chi connectivity index (χ2n) is 3.77. The van der Waals surface area contributed by atoms with E-state index in [9.17, 15) is 0 Å². The number of aliphatic hydroxyl groups is 1. The van der Waals surface area contributed by atoms with Crippen LogP contribution in [0.15, 0.2) is 24.3 Å². The number of aliphatic hydroxyl groups excluding tert-OH is 1. The van der Waals surface area contributed by atoms with Gasteiger partial charge in [0.05, 0.1) is 19.3 Å². The third-order valence-electron chi connectivity index (χ3n) is 2.44. The van der Waals surface area contributed by atoms with Gasteiger partial charge in [-0.2, -0.15) is 0 Å². The van der Waals surface area contributed by atoms with E-state index >= 15 is 0 Å². The standard InChI is InChI=1S/C12H18INO2/c1-9(14-12(7-15)8-16-2)10-3-5-11(13)6-4-10/h3-6,9,12,14-15H,7-8H2,1-2H3. The molecular weight excluding hydrogens is 317 g/mol. The number of benzene rings is 1. The highest BCUT2D eigenvalue weighted by Crippen LogP contribution is 2.14. The Kier molecular flexibility index (Phi) is 6.26. The number of rotatable bonds is 6. The van der Waals surface area contributed by atoms with Crippen LogP contribution in [0.25, 0.3) is 0 Å². The summed E-state index contributed by atoms with van der Waals surface area (Å²) >= 11 is 2.29. The van der Waals surface area contributed by atoms with E-state index in [1.165, 1.54) is 9.13 Å². The number of halogens is 1. The maximum Gasteiger partial charge on any atom is 0.0638 e. The van der Waals surface area contributed by atoms with Crippen molar-refractivity contribution in [1.82, 2.24) is 5.32 Å². The van der Waals surface area contributed by atoms with E-state index in [0.29, 0.717) is 6.61 Å². The highest BCUT2D eigenvalue weighted by Gasteiger charge is 2.12. The molecule has 0 fully saturated rings. The van der Waals surface area contributed by atoms with E-state index < -0.39 is 0 Å². The minimum absolute atomic E-state index is 0.0146. The largest absolute Gasteiger partial charge is 0.395 e. The van der Waals surface area contributed by atoms with Crippen molar-refractivity contribution in [2.45, 2.75) is 19.0 Å². The molecule has 3 nitrogen and oxygen atoms in total. The lowest BCUT2D eigenvalue weighted by atomic mass is 10.1. The molecule has 0 aromatic heterocycles. The van der Waals surface area contributed by atoms with E-state index in [0.717, 1.165) is 0 Å². The molecule has 16 heavy (non-hydrogen) atoms. The van der Waals surface area contributed by atoms with Gasteiger partial charge in [-0.25, -0.2) is 0 Å². The smallest absolute Gasteiger partial charge is 0.0638 e. The first-order valence-corrected chi connectivity index (χ1v) is 6.36. The van der Waals surface area contributed by atoms with Crippen LogP contribution in [0.3, 0.4) is 0 Å². The second-order valence-corrected chi connectivity index (χ2v) is 5.02. The van der Waals surface area contributed by atoms with Crippen LogP contribution < -0.4 is 5.32 Å². The van der Waals surface area contributed by atoms with E-state index in [2.05, 4.69) is 59.1 Å². The lowest BCUT2D eigenvalue weighted by molar-refractivity contribution is 0.123. The van der Waals surface area contributed by atoms with Crippen LogP contribution in [0.4, 0.5) is 0 Å². The fourth-order valence-corrected chi connectivity index (χ4v) is 1.92. The van der Waals surface area contributed by atoms with Crippen molar-refractivity contribution in [1.29, 1.82) is 0 Å². The zero-order valence-corrected chi connectivity index (χ0v) is 11.8. The summed E-state index contributed by atoms with van der Waals surface area (Å²) in [5.74, 6) is 0. The Morgan fingerprint density at radius 3 is 2.50 bits per heavy atom. The highest BCUT2D eigenvalue weighted by molar-refractivity contribution is 14.1. The van der Waals surface area contributed by atoms with E-state index in [1.54, 1.807) is 7.11 Å². The van der Waals surface area contributed by atoms with Gasteiger partial charge in [-0.3, -0.25) is 0 Å². The second kappa shape index (κ2) is 7.21. The summed E-state index contributed by atoms with van der Waals surface area (Å²) in [4.78, 5) is 0. The number of ether oxygens (including phenoxy) is 1. The first-order chi connectivity index (χ1) is 7.67. The molecule has 1 aromatic carbocycles. The van der Waals surface area contributed by atoms with Gasteiger partial charge in [-0.1, -0.05) is 12.1 Å². The highest BCUT2D eigenvalue weighted by atomic mass is 127. The van der Waals surface area contributed by atoms with Crippen molar-refractivity contribution in [2.75, 3.05) is 20.3 Å². The molecule has 0 saturated heterocycles. The molecule has 0 spiro atoms. The molecule has 4 heteroatoms. The van der Waals surface area contributed by atoms with Gasteiger partial charge in [-0.15, -0.1) is 0 Å². The van der Waals surface area contributed by atoms with Crippen molar-refractivity contribution in [2.24, 2.45) is 0 Å². The molecule has 0 aliphatic rings. The van der Waals surface area contributed by atoms with E-state index in [4.69, 9.17) is 9.84 Å². The summed E-state index contributed by atoms with van der Waals surface area (Å²) in [7, 11) is 1.64. The summed E-state index contributed by atoms with van der Waals surface area (Å²) in [5, 5.41) is 12.5. The number of hydrogen-bond acceptors (Lipinski definition) is 3. The molecule has 0 aliphatic carbocycles. The molecule has 0 amide bonds. The monoisotopic (exact) mass is 335 g/mol. The van der Waals surface area contributed by atoms with Crippen LogP contribution in [0.5, 0.6) is 0 Å². The van der Waals surface area contributed by atoms with Gasteiger partial charge in [0, 0.05) is 16.7 Å². The quantitative estimate of drug-likeness (QED) is 0.781. The molecule has 0 bridgehead atoms. The maximum absolute atomic E-state index is 9.15. The lowest BCUT2D eigenvalue weighted by Gasteiger charge is -2.21. The van der Waals surface area contributed by atoms with Gasteiger partial charge in [0.2, 0.25) is 0 Å². The Bertz CT molecular complexity index is 302. The average molecular weight is 335 g/mol. The predicted molar refractivity (Wildman–Crippen MR) is 73.5 cm³/mol. The van der Waals surface area contributed by atoms with E-state index in [-0.39, 0.29) is 18.7 Å². The molecule has 0 aliphatic heterocycles. The number of methoxy groups -OCH3 is 1. The predicted octanol–water partition coefficient (Wildman–Crippen LogP) is 1.95. The Morgan fingerprint density at radius 2 is 2.00 bits per heavy atom. The molecule has 90 valence electrons. The van der Waals surface area contributed by atoms with Crippen molar-refractivity contribution in [3.63, 3.8) is 0 Å². The maximum atomic E-state index is 9.15. The van der Waals surface area contributed by atoms with Crippen LogP contribution in [0.1, 0.15) is 18.5 Å². The first kappa shape index (κ1) is 13.9. The Hall–Kier alpha value is -0.170. The molecule has 0 saturated carbocycles. The fraction of sp³-hybridized carbons (Fsp3) is 0.500. The van der Waals surface area contributed by atoms with Crippen LogP contribution >= 0.6 is 22.6 Å². The summed E-state index contributed by atoms with van der Waals surface area (Å²) in [6, 6.07) is 8.56.